The zero-order valence-corrected chi connectivity index (χ0v) is 13.9. The fraction of sp³-hybridized carbons (Fsp3) is 0.158. The number of nitrogens with one attached hydrogen (secondary N) is 1. The summed E-state index contributed by atoms with van der Waals surface area (Å²) in [4.78, 5) is 26.7. The van der Waals surface area contributed by atoms with Gasteiger partial charge in [0.25, 0.3) is 5.91 Å². The molecule has 0 spiro atoms. The fourth-order valence-electron chi connectivity index (χ4n) is 2.63. The molecule has 3 aromatic rings. The second kappa shape index (κ2) is 8.06. The van der Waals surface area contributed by atoms with Gasteiger partial charge in [0.2, 0.25) is 0 Å². The molecular weight excluding hydrogens is 334 g/mol. The Kier molecular flexibility index (Phi) is 5.38. The summed E-state index contributed by atoms with van der Waals surface area (Å²) in [5.41, 5.74) is 1.80. The number of nitro benzene ring substituents is 1. The van der Waals surface area contributed by atoms with Gasteiger partial charge >= 0.3 is 5.69 Å². The number of amides is 1. The van der Waals surface area contributed by atoms with Crippen LogP contribution >= 0.6 is 0 Å². The van der Waals surface area contributed by atoms with Crippen LogP contribution in [0, 0.1) is 10.1 Å². The van der Waals surface area contributed by atoms with Crippen LogP contribution in [0.15, 0.2) is 60.8 Å². The van der Waals surface area contributed by atoms with Crippen LogP contribution in [0.5, 0.6) is 5.75 Å². The van der Waals surface area contributed by atoms with E-state index in [1.54, 1.807) is 18.3 Å². The first kappa shape index (κ1) is 17.3. The largest absolute Gasteiger partial charge is 0.477 e. The van der Waals surface area contributed by atoms with Crippen LogP contribution in [0.2, 0.25) is 0 Å². The Morgan fingerprint density at radius 3 is 2.77 bits per heavy atom. The molecule has 26 heavy (non-hydrogen) atoms. The smallest absolute Gasteiger partial charge is 0.310 e. The molecule has 3 rings (SSSR count). The first-order valence-corrected chi connectivity index (χ1v) is 8.10. The van der Waals surface area contributed by atoms with E-state index in [2.05, 4.69) is 10.3 Å². The average Bonchev–Trinajstić information content (AvgIpc) is 2.66. The van der Waals surface area contributed by atoms with Crippen molar-refractivity contribution in [2.24, 2.45) is 0 Å². The lowest BCUT2D eigenvalue weighted by Gasteiger charge is -2.09. The van der Waals surface area contributed by atoms with E-state index in [9.17, 15) is 14.9 Å². The minimum Gasteiger partial charge on any atom is -0.477 e. The van der Waals surface area contributed by atoms with Crippen molar-refractivity contribution < 1.29 is 14.5 Å². The average molecular weight is 351 g/mol. The van der Waals surface area contributed by atoms with E-state index in [-0.39, 0.29) is 24.0 Å². The minimum atomic E-state index is -0.541. The van der Waals surface area contributed by atoms with Gasteiger partial charge in [-0.2, -0.15) is 0 Å². The Hall–Kier alpha value is -3.48. The maximum atomic E-state index is 11.9. The lowest BCUT2D eigenvalue weighted by molar-refractivity contribution is -0.385. The number of nitrogens with zero attached hydrogens (tertiary/aromatic N) is 2. The number of aromatic nitrogens is 1. The lowest BCUT2D eigenvalue weighted by Crippen LogP contribution is -2.30. The number of nitro groups is 1. The number of carbonyl (C=O) groups is 1. The number of ether oxygens (including phenoxy) is 1. The van der Waals surface area contributed by atoms with Crippen molar-refractivity contribution in [3.63, 3.8) is 0 Å². The van der Waals surface area contributed by atoms with Crippen molar-refractivity contribution in [1.29, 1.82) is 0 Å². The summed E-state index contributed by atoms with van der Waals surface area (Å²) in [6.45, 7) is 0.146. The van der Waals surface area contributed by atoms with Crippen LogP contribution in [0.25, 0.3) is 10.9 Å². The third-order valence-electron chi connectivity index (χ3n) is 3.85. The molecule has 0 bridgehead atoms. The number of fused-ring (bicyclic) bond motifs is 1. The molecule has 0 saturated heterocycles. The maximum Gasteiger partial charge on any atom is 0.310 e. The number of benzene rings is 2. The Morgan fingerprint density at radius 1 is 1.12 bits per heavy atom. The maximum absolute atomic E-state index is 11.9. The Morgan fingerprint density at radius 2 is 1.92 bits per heavy atom. The molecule has 7 nitrogen and oxygen atoms in total. The van der Waals surface area contributed by atoms with Crippen LogP contribution in [0.3, 0.4) is 0 Å². The highest BCUT2D eigenvalue weighted by Gasteiger charge is 2.14. The quantitative estimate of drug-likeness (QED) is 0.522. The number of para-hydroxylation sites is 3. The molecule has 1 amide bonds. The van der Waals surface area contributed by atoms with Crippen LogP contribution in [0.4, 0.5) is 5.69 Å². The number of hydrogen-bond donors (Lipinski definition) is 1. The third-order valence-corrected chi connectivity index (χ3v) is 3.85. The Bertz CT molecular complexity index is 937. The minimum absolute atomic E-state index is 0.0749. The van der Waals surface area contributed by atoms with Gasteiger partial charge in [0.05, 0.1) is 10.4 Å². The normalized spacial score (nSPS) is 10.5. The summed E-state index contributed by atoms with van der Waals surface area (Å²) in [6, 6.07) is 15.8. The van der Waals surface area contributed by atoms with Crippen LogP contribution < -0.4 is 10.1 Å². The molecule has 0 atom stereocenters. The standard InChI is InChI=1S/C19H17N3O4/c23-18(13-26-17-9-2-1-8-16(17)22(24)25)20-12-10-15-6-3-5-14-7-4-11-21-19(14)15/h1-9,11H,10,12-13H2,(H,20,23). The third kappa shape index (κ3) is 4.13. The van der Waals surface area contributed by atoms with Gasteiger partial charge < -0.3 is 10.1 Å². The molecule has 132 valence electrons. The van der Waals surface area contributed by atoms with Gasteiger partial charge in [-0.15, -0.1) is 0 Å². The van der Waals surface area contributed by atoms with Gasteiger partial charge in [-0.05, 0) is 24.1 Å². The van der Waals surface area contributed by atoms with E-state index in [1.807, 2.05) is 30.3 Å². The molecule has 0 saturated carbocycles. The van der Waals surface area contributed by atoms with Crippen molar-refractivity contribution in [1.82, 2.24) is 10.3 Å². The Labute approximate surface area is 149 Å². The fourth-order valence-corrected chi connectivity index (χ4v) is 2.63. The van der Waals surface area contributed by atoms with Gasteiger partial charge in [0.1, 0.15) is 0 Å². The van der Waals surface area contributed by atoms with Crippen molar-refractivity contribution in [3.8, 4) is 5.75 Å². The summed E-state index contributed by atoms with van der Waals surface area (Å²) in [7, 11) is 0. The van der Waals surface area contributed by atoms with E-state index >= 15 is 0 Å². The topological polar surface area (TPSA) is 94.4 Å². The lowest BCUT2D eigenvalue weighted by atomic mass is 10.1. The first-order valence-electron chi connectivity index (χ1n) is 8.10. The van der Waals surface area contributed by atoms with E-state index in [1.165, 1.54) is 12.1 Å². The highest BCUT2D eigenvalue weighted by atomic mass is 16.6. The van der Waals surface area contributed by atoms with Gasteiger partial charge in [-0.1, -0.05) is 36.4 Å². The summed E-state index contributed by atoms with van der Waals surface area (Å²) in [6.07, 6.45) is 2.37. The summed E-state index contributed by atoms with van der Waals surface area (Å²) < 4.78 is 5.27. The molecule has 0 aliphatic heterocycles. The van der Waals surface area contributed by atoms with Gasteiger partial charge in [-0.25, -0.2) is 0 Å². The molecule has 0 aliphatic rings. The number of pyridine rings is 1. The predicted octanol–water partition coefficient (Wildman–Crippen LogP) is 2.88. The molecule has 7 heteroatoms. The monoisotopic (exact) mass is 351 g/mol. The number of carbonyl (C=O) groups excluding carboxylic acids is 1. The highest BCUT2D eigenvalue weighted by Crippen LogP contribution is 2.25. The van der Waals surface area contributed by atoms with Gasteiger partial charge in [0.15, 0.2) is 12.4 Å². The molecule has 2 aromatic carbocycles. The molecule has 1 N–H and O–H groups in total. The van der Waals surface area contributed by atoms with E-state index in [0.29, 0.717) is 13.0 Å². The number of rotatable bonds is 7. The molecule has 0 radical (unpaired) electrons. The van der Waals surface area contributed by atoms with Gasteiger partial charge in [-0.3, -0.25) is 19.9 Å². The van der Waals surface area contributed by atoms with Crippen LogP contribution in [-0.2, 0) is 11.2 Å². The Balaban J connectivity index is 1.53. The van der Waals surface area contributed by atoms with Gasteiger partial charge in [0, 0.05) is 24.2 Å². The predicted molar refractivity (Wildman–Crippen MR) is 97.0 cm³/mol. The second-order valence-electron chi connectivity index (χ2n) is 5.61. The molecule has 0 aliphatic carbocycles. The van der Waals surface area contributed by atoms with E-state index < -0.39 is 4.92 Å². The molecule has 1 heterocycles. The summed E-state index contributed by atoms with van der Waals surface area (Å²) in [5, 5.41) is 14.7. The zero-order chi connectivity index (χ0) is 18.4. The summed E-state index contributed by atoms with van der Waals surface area (Å²) >= 11 is 0. The summed E-state index contributed by atoms with van der Waals surface area (Å²) in [5.74, 6) is -0.262. The van der Waals surface area contributed by atoms with Crippen molar-refractivity contribution >= 4 is 22.5 Å². The number of hydrogen-bond acceptors (Lipinski definition) is 5. The van der Waals surface area contributed by atoms with E-state index in [0.717, 1.165) is 16.5 Å². The van der Waals surface area contributed by atoms with E-state index in [4.69, 9.17) is 4.74 Å². The zero-order valence-electron chi connectivity index (χ0n) is 13.9. The molecule has 0 fully saturated rings. The SMILES string of the molecule is O=C(COc1ccccc1[N+](=O)[O-])NCCc1cccc2cccnc12. The van der Waals surface area contributed by atoms with Crippen LogP contribution in [-0.4, -0.2) is 29.0 Å². The van der Waals surface area contributed by atoms with Crippen molar-refractivity contribution in [3.05, 3.63) is 76.5 Å². The molecule has 0 unspecified atom stereocenters. The molecule has 1 aromatic heterocycles. The van der Waals surface area contributed by atoms with Crippen molar-refractivity contribution in [2.45, 2.75) is 6.42 Å². The highest BCUT2D eigenvalue weighted by molar-refractivity contribution is 5.81. The second-order valence-corrected chi connectivity index (χ2v) is 5.61. The first-order chi connectivity index (χ1) is 12.6. The molecular formula is C19H17N3O4. The van der Waals surface area contributed by atoms with Crippen molar-refractivity contribution in [2.75, 3.05) is 13.2 Å². The van der Waals surface area contributed by atoms with Crippen LogP contribution in [0.1, 0.15) is 5.56 Å².